The molecule has 0 bridgehead atoms. The van der Waals surface area contributed by atoms with Crippen molar-refractivity contribution < 1.29 is 9.59 Å². The summed E-state index contributed by atoms with van der Waals surface area (Å²) in [5, 5.41) is 4.26. The zero-order valence-corrected chi connectivity index (χ0v) is 15.8. The van der Waals surface area contributed by atoms with Crippen LogP contribution in [0.3, 0.4) is 0 Å². The van der Waals surface area contributed by atoms with Gasteiger partial charge < -0.3 is 11.1 Å². The SMILES string of the molecule is NC(=O)CN1CCC(NC(=O)CCCCc2nc3ccccc3s2)CC1. The van der Waals surface area contributed by atoms with Crippen molar-refractivity contribution in [2.24, 2.45) is 5.73 Å². The standard InChI is InChI=1S/C19H26N4O2S/c20-17(24)13-23-11-9-14(10-12-23)21-18(25)7-3-4-8-19-22-15-5-1-2-6-16(15)26-19/h1-2,5-6,14H,3-4,7-13H2,(H2,20,24)(H,21,25). The molecule has 1 aromatic carbocycles. The number of primary amides is 1. The van der Waals surface area contributed by atoms with Gasteiger partial charge in [0.05, 0.1) is 21.8 Å². The molecule has 0 radical (unpaired) electrons. The number of thiazole rings is 1. The van der Waals surface area contributed by atoms with Crippen LogP contribution < -0.4 is 11.1 Å². The van der Waals surface area contributed by atoms with Gasteiger partial charge in [0.2, 0.25) is 11.8 Å². The van der Waals surface area contributed by atoms with Crippen molar-refractivity contribution in [3.05, 3.63) is 29.3 Å². The number of nitrogens with zero attached hydrogens (tertiary/aromatic N) is 2. The van der Waals surface area contributed by atoms with Crippen molar-refractivity contribution in [2.75, 3.05) is 19.6 Å². The number of fused-ring (bicyclic) bond motifs is 1. The van der Waals surface area contributed by atoms with Gasteiger partial charge >= 0.3 is 0 Å². The average molecular weight is 375 g/mol. The zero-order chi connectivity index (χ0) is 18.4. The van der Waals surface area contributed by atoms with E-state index in [1.165, 1.54) is 4.70 Å². The van der Waals surface area contributed by atoms with Gasteiger partial charge in [-0.25, -0.2) is 4.98 Å². The number of carbonyl (C=O) groups excluding carboxylic acids is 2. The van der Waals surface area contributed by atoms with Crippen LogP contribution in [0.15, 0.2) is 24.3 Å². The Morgan fingerprint density at radius 3 is 2.73 bits per heavy atom. The van der Waals surface area contributed by atoms with E-state index in [1.54, 1.807) is 11.3 Å². The van der Waals surface area contributed by atoms with E-state index in [2.05, 4.69) is 16.4 Å². The van der Waals surface area contributed by atoms with Gasteiger partial charge in [-0.15, -0.1) is 11.3 Å². The number of aromatic nitrogens is 1. The molecule has 26 heavy (non-hydrogen) atoms. The number of nitrogens with two attached hydrogens (primary N) is 1. The van der Waals surface area contributed by atoms with E-state index in [1.807, 2.05) is 23.1 Å². The highest BCUT2D eigenvalue weighted by Gasteiger charge is 2.21. The number of hydrogen-bond donors (Lipinski definition) is 2. The van der Waals surface area contributed by atoms with Crippen LogP contribution in [0.1, 0.15) is 37.1 Å². The summed E-state index contributed by atoms with van der Waals surface area (Å²) in [6.07, 6.45) is 5.10. The van der Waals surface area contributed by atoms with Crippen LogP contribution >= 0.6 is 11.3 Å². The molecular weight excluding hydrogens is 348 g/mol. The van der Waals surface area contributed by atoms with Crippen LogP contribution in [-0.4, -0.2) is 47.4 Å². The Kier molecular flexibility index (Phi) is 6.57. The molecule has 2 aromatic rings. The minimum Gasteiger partial charge on any atom is -0.369 e. The summed E-state index contributed by atoms with van der Waals surface area (Å²) < 4.78 is 1.22. The van der Waals surface area contributed by atoms with Crippen molar-refractivity contribution in [3.8, 4) is 0 Å². The maximum atomic E-state index is 12.1. The van der Waals surface area contributed by atoms with Crippen LogP contribution in [0.2, 0.25) is 0 Å². The lowest BCUT2D eigenvalue weighted by molar-refractivity contribution is -0.123. The number of benzene rings is 1. The molecule has 6 nitrogen and oxygen atoms in total. The molecule has 1 aliphatic heterocycles. The number of aryl methyl sites for hydroxylation is 1. The molecular formula is C19H26N4O2S. The normalized spacial score (nSPS) is 16.0. The quantitative estimate of drug-likeness (QED) is 0.693. The highest BCUT2D eigenvalue weighted by molar-refractivity contribution is 7.18. The van der Waals surface area contributed by atoms with E-state index in [0.29, 0.717) is 13.0 Å². The number of rotatable bonds is 8. The molecule has 3 rings (SSSR count). The maximum absolute atomic E-state index is 12.1. The molecule has 1 saturated heterocycles. The van der Waals surface area contributed by atoms with Crippen molar-refractivity contribution in [1.82, 2.24) is 15.2 Å². The first-order valence-electron chi connectivity index (χ1n) is 9.24. The molecule has 1 fully saturated rings. The number of hydrogen-bond acceptors (Lipinski definition) is 5. The van der Waals surface area contributed by atoms with Gasteiger partial charge in [-0.1, -0.05) is 12.1 Å². The Bertz CT molecular complexity index is 720. The third-order valence-electron chi connectivity index (χ3n) is 4.71. The zero-order valence-electron chi connectivity index (χ0n) is 14.9. The maximum Gasteiger partial charge on any atom is 0.231 e. The smallest absolute Gasteiger partial charge is 0.231 e. The number of nitrogens with one attached hydrogen (secondary N) is 1. The molecule has 0 unspecified atom stereocenters. The second-order valence-electron chi connectivity index (χ2n) is 6.87. The minimum atomic E-state index is -0.291. The third kappa shape index (κ3) is 5.51. The largest absolute Gasteiger partial charge is 0.369 e. The summed E-state index contributed by atoms with van der Waals surface area (Å²) >= 11 is 1.74. The Labute approximate surface area is 157 Å². The van der Waals surface area contributed by atoms with Crippen LogP contribution in [0.25, 0.3) is 10.2 Å². The van der Waals surface area contributed by atoms with Gasteiger partial charge in [0, 0.05) is 25.6 Å². The number of likely N-dealkylation sites (tertiary alicyclic amines) is 1. The van der Waals surface area contributed by atoms with Gasteiger partial charge in [0.1, 0.15) is 0 Å². The second kappa shape index (κ2) is 9.09. The van der Waals surface area contributed by atoms with E-state index < -0.39 is 0 Å². The minimum absolute atomic E-state index is 0.127. The first kappa shape index (κ1) is 18.8. The molecule has 0 aliphatic carbocycles. The number of unbranched alkanes of at least 4 members (excludes halogenated alkanes) is 1. The monoisotopic (exact) mass is 374 g/mol. The second-order valence-corrected chi connectivity index (χ2v) is 7.98. The summed E-state index contributed by atoms with van der Waals surface area (Å²) in [5.74, 6) is -0.164. The number of carbonyl (C=O) groups is 2. The Balaban J connectivity index is 1.31. The predicted octanol–water partition coefficient (Wildman–Crippen LogP) is 2.08. The molecule has 3 N–H and O–H groups in total. The fourth-order valence-corrected chi connectivity index (χ4v) is 4.35. The van der Waals surface area contributed by atoms with Crippen LogP contribution in [-0.2, 0) is 16.0 Å². The van der Waals surface area contributed by atoms with Gasteiger partial charge in [0.25, 0.3) is 0 Å². The van der Waals surface area contributed by atoms with E-state index in [-0.39, 0.29) is 17.9 Å². The molecule has 0 atom stereocenters. The Hall–Kier alpha value is -1.99. The van der Waals surface area contributed by atoms with Gasteiger partial charge in [0.15, 0.2) is 0 Å². The summed E-state index contributed by atoms with van der Waals surface area (Å²) in [6, 6.07) is 8.40. The lowest BCUT2D eigenvalue weighted by Gasteiger charge is -2.31. The summed E-state index contributed by atoms with van der Waals surface area (Å²) in [6.45, 7) is 1.93. The van der Waals surface area contributed by atoms with Crippen molar-refractivity contribution in [2.45, 2.75) is 44.6 Å². The van der Waals surface area contributed by atoms with E-state index in [0.717, 1.165) is 55.7 Å². The molecule has 2 amide bonds. The van der Waals surface area contributed by atoms with Gasteiger partial charge in [-0.2, -0.15) is 0 Å². The Morgan fingerprint density at radius 1 is 1.23 bits per heavy atom. The van der Waals surface area contributed by atoms with Crippen LogP contribution in [0, 0.1) is 0 Å². The lowest BCUT2D eigenvalue weighted by Crippen LogP contribution is -2.46. The average Bonchev–Trinajstić information content (AvgIpc) is 3.03. The summed E-state index contributed by atoms with van der Waals surface area (Å²) in [7, 11) is 0. The molecule has 7 heteroatoms. The Morgan fingerprint density at radius 2 is 2.00 bits per heavy atom. The summed E-state index contributed by atoms with van der Waals surface area (Å²) in [5.41, 5.74) is 6.28. The van der Waals surface area contributed by atoms with Crippen LogP contribution in [0.5, 0.6) is 0 Å². The first-order chi connectivity index (χ1) is 12.6. The molecule has 1 aliphatic rings. The molecule has 1 aromatic heterocycles. The number of amides is 2. The third-order valence-corrected chi connectivity index (χ3v) is 5.81. The molecule has 140 valence electrons. The first-order valence-corrected chi connectivity index (χ1v) is 10.1. The van der Waals surface area contributed by atoms with E-state index >= 15 is 0 Å². The topological polar surface area (TPSA) is 88.3 Å². The summed E-state index contributed by atoms with van der Waals surface area (Å²) in [4.78, 5) is 29.7. The van der Waals surface area contributed by atoms with Crippen molar-refractivity contribution in [1.29, 1.82) is 0 Å². The van der Waals surface area contributed by atoms with Gasteiger partial charge in [-0.3, -0.25) is 14.5 Å². The number of para-hydroxylation sites is 1. The van der Waals surface area contributed by atoms with Crippen LogP contribution in [0.4, 0.5) is 0 Å². The van der Waals surface area contributed by atoms with Crippen molar-refractivity contribution in [3.63, 3.8) is 0 Å². The van der Waals surface area contributed by atoms with E-state index in [9.17, 15) is 9.59 Å². The predicted molar refractivity (Wildman–Crippen MR) is 104 cm³/mol. The highest BCUT2D eigenvalue weighted by Crippen LogP contribution is 2.22. The molecule has 0 saturated carbocycles. The highest BCUT2D eigenvalue weighted by atomic mass is 32.1. The molecule has 2 heterocycles. The van der Waals surface area contributed by atoms with Crippen molar-refractivity contribution >= 4 is 33.4 Å². The molecule has 0 spiro atoms. The fraction of sp³-hybridized carbons (Fsp3) is 0.526. The fourth-order valence-electron chi connectivity index (χ4n) is 3.34. The number of piperidine rings is 1. The van der Waals surface area contributed by atoms with Gasteiger partial charge in [-0.05, 0) is 44.2 Å². The van der Waals surface area contributed by atoms with E-state index in [4.69, 9.17) is 5.73 Å². The lowest BCUT2D eigenvalue weighted by atomic mass is 10.0.